The molecule has 3 rings (SSSR count). The van der Waals surface area contributed by atoms with E-state index in [1.54, 1.807) is 12.1 Å². The van der Waals surface area contributed by atoms with Gasteiger partial charge in [0, 0.05) is 18.2 Å². The lowest BCUT2D eigenvalue weighted by Crippen LogP contribution is -2.27. The quantitative estimate of drug-likeness (QED) is 0.934. The van der Waals surface area contributed by atoms with Crippen molar-refractivity contribution in [1.29, 1.82) is 0 Å². The summed E-state index contributed by atoms with van der Waals surface area (Å²) >= 11 is 0. The highest BCUT2D eigenvalue weighted by atomic mass is 35.5. The Morgan fingerprint density at radius 3 is 2.73 bits per heavy atom. The van der Waals surface area contributed by atoms with Gasteiger partial charge < -0.3 is 10.3 Å². The average molecular weight is 327 g/mol. The lowest BCUT2D eigenvalue weighted by Gasteiger charge is -2.18. The molecule has 0 saturated carbocycles. The zero-order valence-electron chi connectivity index (χ0n) is 12.4. The van der Waals surface area contributed by atoms with Crippen molar-refractivity contribution in [2.24, 2.45) is 11.7 Å². The molecule has 2 unspecified atom stereocenters. The first-order valence-corrected chi connectivity index (χ1v) is 7.18. The van der Waals surface area contributed by atoms with E-state index in [2.05, 4.69) is 22.0 Å². The van der Waals surface area contributed by atoms with Crippen LogP contribution in [0, 0.1) is 11.7 Å². The number of aromatic nitrogens is 2. The second-order valence-corrected chi connectivity index (χ2v) is 5.63. The van der Waals surface area contributed by atoms with Gasteiger partial charge in [-0.2, -0.15) is 4.98 Å². The molecule has 0 radical (unpaired) electrons. The van der Waals surface area contributed by atoms with Gasteiger partial charge in [-0.25, -0.2) is 4.39 Å². The van der Waals surface area contributed by atoms with Gasteiger partial charge in [-0.1, -0.05) is 5.16 Å². The van der Waals surface area contributed by atoms with Gasteiger partial charge in [-0.15, -0.1) is 12.4 Å². The Bertz CT molecular complexity index is 604. The Hall–Kier alpha value is -1.50. The monoisotopic (exact) mass is 326 g/mol. The van der Waals surface area contributed by atoms with Crippen LogP contribution in [0.25, 0.3) is 11.4 Å². The molecule has 1 aliphatic rings. The molecule has 1 fully saturated rings. The van der Waals surface area contributed by atoms with E-state index in [1.165, 1.54) is 12.1 Å². The third kappa shape index (κ3) is 3.63. The molecular formula is C15H20ClFN4O. The first-order valence-electron chi connectivity index (χ1n) is 7.18. The minimum Gasteiger partial charge on any atom is -0.338 e. The smallest absolute Gasteiger partial charge is 0.241 e. The maximum absolute atomic E-state index is 12.9. The number of benzene rings is 1. The molecule has 1 aromatic carbocycles. The van der Waals surface area contributed by atoms with Crippen molar-refractivity contribution in [2.75, 3.05) is 13.1 Å². The molecule has 2 N–H and O–H groups in total. The van der Waals surface area contributed by atoms with Gasteiger partial charge in [0.1, 0.15) is 5.82 Å². The predicted octanol–water partition coefficient (Wildman–Crippen LogP) is 2.47. The molecule has 7 heteroatoms. The molecule has 1 aromatic heterocycles. The van der Waals surface area contributed by atoms with E-state index < -0.39 is 0 Å². The van der Waals surface area contributed by atoms with Crippen molar-refractivity contribution in [1.82, 2.24) is 15.0 Å². The fourth-order valence-corrected chi connectivity index (χ4v) is 2.82. The van der Waals surface area contributed by atoms with Crippen LogP contribution in [0.3, 0.4) is 0 Å². The van der Waals surface area contributed by atoms with Crippen LogP contribution < -0.4 is 5.73 Å². The van der Waals surface area contributed by atoms with E-state index in [4.69, 9.17) is 10.3 Å². The first kappa shape index (κ1) is 16.9. The minimum absolute atomic E-state index is 0. The fraction of sp³-hybridized carbons (Fsp3) is 0.467. The zero-order valence-corrected chi connectivity index (χ0v) is 13.2. The minimum atomic E-state index is -0.277. The van der Waals surface area contributed by atoms with E-state index in [0.29, 0.717) is 36.8 Å². The highest BCUT2D eigenvalue weighted by molar-refractivity contribution is 5.85. The van der Waals surface area contributed by atoms with E-state index >= 15 is 0 Å². The summed E-state index contributed by atoms with van der Waals surface area (Å²) in [5, 5.41) is 3.96. The summed E-state index contributed by atoms with van der Waals surface area (Å²) in [6, 6.07) is 6.54. The Kier molecular flexibility index (Phi) is 5.50. The number of likely N-dealkylation sites (tertiary alicyclic amines) is 1. The van der Waals surface area contributed by atoms with Gasteiger partial charge in [0.05, 0.1) is 6.54 Å². The number of halogens is 2. The second-order valence-electron chi connectivity index (χ2n) is 5.63. The maximum atomic E-state index is 12.9. The van der Waals surface area contributed by atoms with Gasteiger partial charge >= 0.3 is 0 Å². The Morgan fingerprint density at radius 2 is 2.09 bits per heavy atom. The molecule has 0 amide bonds. The molecule has 5 nitrogen and oxygen atoms in total. The zero-order chi connectivity index (χ0) is 14.8. The van der Waals surface area contributed by atoms with Crippen LogP contribution >= 0.6 is 12.4 Å². The molecule has 1 saturated heterocycles. The topological polar surface area (TPSA) is 68.2 Å². The first-order chi connectivity index (χ1) is 10.2. The van der Waals surface area contributed by atoms with E-state index in [-0.39, 0.29) is 18.2 Å². The van der Waals surface area contributed by atoms with E-state index in [1.807, 2.05) is 0 Å². The Labute approximate surface area is 135 Å². The molecule has 120 valence electrons. The van der Waals surface area contributed by atoms with Crippen molar-refractivity contribution in [2.45, 2.75) is 25.9 Å². The van der Waals surface area contributed by atoms with Gasteiger partial charge in [-0.3, -0.25) is 4.90 Å². The predicted molar refractivity (Wildman–Crippen MR) is 84.0 cm³/mol. The van der Waals surface area contributed by atoms with Gasteiger partial charge in [0.25, 0.3) is 0 Å². The normalized spacial score (nSPS) is 21.8. The van der Waals surface area contributed by atoms with Crippen molar-refractivity contribution in [3.05, 3.63) is 36.0 Å². The molecule has 2 aromatic rings. The standard InChI is InChI=1S/C15H19FN4O.ClH/c1-10-6-11(7-17)8-20(10)9-14-18-15(19-21-14)12-2-4-13(16)5-3-12;/h2-5,10-11H,6-9,17H2,1H3;1H. The van der Waals surface area contributed by atoms with Crippen molar-refractivity contribution in [3.63, 3.8) is 0 Å². The van der Waals surface area contributed by atoms with Gasteiger partial charge in [0.2, 0.25) is 11.7 Å². The Balaban J connectivity index is 0.00000176. The van der Waals surface area contributed by atoms with Crippen LogP contribution in [0.4, 0.5) is 4.39 Å². The molecule has 2 atom stereocenters. The van der Waals surface area contributed by atoms with E-state index in [0.717, 1.165) is 18.5 Å². The number of rotatable bonds is 4. The Morgan fingerprint density at radius 1 is 1.36 bits per heavy atom. The molecule has 0 aliphatic carbocycles. The van der Waals surface area contributed by atoms with Gasteiger partial charge in [0.15, 0.2) is 0 Å². The molecule has 22 heavy (non-hydrogen) atoms. The van der Waals surface area contributed by atoms with Crippen LogP contribution in [-0.4, -0.2) is 34.2 Å². The maximum Gasteiger partial charge on any atom is 0.241 e. The molecular weight excluding hydrogens is 307 g/mol. The summed E-state index contributed by atoms with van der Waals surface area (Å²) in [7, 11) is 0. The van der Waals surface area contributed by atoms with Crippen molar-refractivity contribution < 1.29 is 8.91 Å². The molecule has 2 heterocycles. The number of nitrogens with zero attached hydrogens (tertiary/aromatic N) is 3. The number of hydrogen-bond donors (Lipinski definition) is 1. The molecule has 1 aliphatic heterocycles. The highest BCUT2D eigenvalue weighted by Crippen LogP contribution is 2.24. The summed E-state index contributed by atoms with van der Waals surface area (Å²) in [5.74, 6) is 1.34. The lowest BCUT2D eigenvalue weighted by atomic mass is 10.1. The molecule has 0 spiro atoms. The second kappa shape index (κ2) is 7.17. The van der Waals surface area contributed by atoms with Crippen molar-refractivity contribution in [3.8, 4) is 11.4 Å². The summed E-state index contributed by atoms with van der Waals surface area (Å²) in [6.45, 7) is 4.50. The summed E-state index contributed by atoms with van der Waals surface area (Å²) in [5.41, 5.74) is 6.49. The van der Waals surface area contributed by atoms with Gasteiger partial charge in [-0.05, 0) is 50.1 Å². The number of nitrogens with two attached hydrogens (primary N) is 1. The van der Waals surface area contributed by atoms with Crippen LogP contribution in [0.5, 0.6) is 0 Å². The summed E-state index contributed by atoms with van der Waals surface area (Å²) < 4.78 is 18.2. The van der Waals surface area contributed by atoms with E-state index in [9.17, 15) is 4.39 Å². The summed E-state index contributed by atoms with van der Waals surface area (Å²) in [6.07, 6.45) is 1.11. The van der Waals surface area contributed by atoms with Crippen molar-refractivity contribution >= 4 is 12.4 Å². The molecule has 0 bridgehead atoms. The lowest BCUT2D eigenvalue weighted by molar-refractivity contribution is 0.218. The van der Waals surface area contributed by atoms with Crippen LogP contribution in [0.1, 0.15) is 19.2 Å². The average Bonchev–Trinajstić information content (AvgIpc) is 3.08. The van der Waals surface area contributed by atoms with Crippen LogP contribution in [-0.2, 0) is 6.54 Å². The van der Waals surface area contributed by atoms with Crippen LogP contribution in [0.15, 0.2) is 28.8 Å². The third-order valence-electron chi connectivity index (χ3n) is 4.03. The number of hydrogen-bond acceptors (Lipinski definition) is 5. The summed E-state index contributed by atoms with van der Waals surface area (Å²) in [4.78, 5) is 6.69. The SMILES string of the molecule is CC1CC(CN)CN1Cc1nc(-c2ccc(F)cc2)no1.Cl. The third-order valence-corrected chi connectivity index (χ3v) is 4.03. The fourth-order valence-electron chi connectivity index (χ4n) is 2.82. The largest absolute Gasteiger partial charge is 0.338 e. The highest BCUT2D eigenvalue weighted by Gasteiger charge is 2.29. The van der Waals surface area contributed by atoms with Crippen LogP contribution in [0.2, 0.25) is 0 Å².